The van der Waals surface area contributed by atoms with Gasteiger partial charge in [-0.3, -0.25) is 0 Å². The molecule has 57 heavy (non-hydrogen) atoms. The summed E-state index contributed by atoms with van der Waals surface area (Å²) in [4.78, 5) is 15.4. The van der Waals surface area contributed by atoms with Crippen molar-refractivity contribution in [2.75, 3.05) is 0 Å². The quantitative estimate of drug-likeness (QED) is 0.175. The van der Waals surface area contributed by atoms with E-state index in [2.05, 4.69) is 84.9 Å². The first-order valence-electron chi connectivity index (χ1n) is 18.9. The minimum absolute atomic E-state index is 0.529. The summed E-state index contributed by atoms with van der Waals surface area (Å²) in [5.41, 5.74) is 11.7. The van der Waals surface area contributed by atoms with E-state index in [9.17, 15) is 0 Å². The third kappa shape index (κ3) is 4.94. The normalized spacial score (nSPS) is 11.9. The lowest BCUT2D eigenvalue weighted by atomic mass is 9.94. The summed E-state index contributed by atoms with van der Waals surface area (Å²) >= 11 is 0. The van der Waals surface area contributed by atoms with E-state index in [1.807, 2.05) is 91.0 Å². The Bertz CT molecular complexity index is 3530. The number of hydrogen-bond acceptors (Lipinski definition) is 6. The molecule has 4 heterocycles. The maximum atomic E-state index is 6.54. The van der Waals surface area contributed by atoms with Crippen LogP contribution in [0.2, 0.25) is 0 Å². The van der Waals surface area contributed by atoms with E-state index in [4.69, 9.17) is 28.2 Å². The summed E-state index contributed by atoms with van der Waals surface area (Å²) in [5.74, 6) is 1.64. The zero-order chi connectivity index (χ0) is 37.5. The van der Waals surface area contributed by atoms with Crippen molar-refractivity contribution in [1.29, 1.82) is 0 Å². The highest BCUT2D eigenvalue weighted by Crippen LogP contribution is 2.44. The maximum Gasteiger partial charge on any atom is 0.167 e. The van der Waals surface area contributed by atoms with E-state index >= 15 is 0 Å². The van der Waals surface area contributed by atoms with Gasteiger partial charge < -0.3 is 13.3 Å². The summed E-state index contributed by atoms with van der Waals surface area (Å²) in [6, 6.07) is 59.8. The summed E-state index contributed by atoms with van der Waals surface area (Å²) < 4.78 is 19.5. The van der Waals surface area contributed by atoms with Crippen LogP contribution < -0.4 is 0 Å². The standard InChI is InChI=1S/C51H29N3O3/c1-3-13-30(14-4-1)33-18-10-25-43-46(33)47-34(19-11-26-44(47)56-43)32-27-28-41-39(29-32)45-37(21-12-24-42(45)55-41)50-52-49(31-15-5-2-6-16-31)53-51(54-50)38-22-9-20-36-35-17-7-8-23-40(35)57-48(36)38/h1-29H. The molecule has 266 valence electrons. The van der Waals surface area contributed by atoms with Crippen LogP contribution in [-0.2, 0) is 0 Å². The van der Waals surface area contributed by atoms with Crippen LogP contribution in [0.1, 0.15) is 0 Å². The number of aromatic nitrogens is 3. The van der Waals surface area contributed by atoms with Crippen LogP contribution in [0.25, 0.3) is 122 Å². The molecule has 0 saturated heterocycles. The molecule has 0 spiro atoms. The Kier molecular flexibility index (Phi) is 6.83. The molecule has 0 saturated carbocycles. The molecule has 0 atom stereocenters. The maximum absolute atomic E-state index is 6.54. The second kappa shape index (κ2) is 12.3. The van der Waals surface area contributed by atoms with E-state index in [0.717, 1.165) is 105 Å². The second-order valence-corrected chi connectivity index (χ2v) is 14.3. The third-order valence-corrected chi connectivity index (χ3v) is 11.0. The van der Waals surface area contributed by atoms with Crippen molar-refractivity contribution < 1.29 is 13.3 Å². The lowest BCUT2D eigenvalue weighted by Crippen LogP contribution is -2.00. The molecule has 0 aliphatic carbocycles. The molecule has 0 unspecified atom stereocenters. The molecule has 0 radical (unpaired) electrons. The van der Waals surface area contributed by atoms with Crippen molar-refractivity contribution in [1.82, 2.24) is 15.0 Å². The lowest BCUT2D eigenvalue weighted by molar-refractivity contribution is 0.668. The fourth-order valence-corrected chi connectivity index (χ4v) is 8.40. The van der Waals surface area contributed by atoms with Crippen molar-refractivity contribution >= 4 is 65.8 Å². The van der Waals surface area contributed by atoms with Gasteiger partial charge in [-0.1, -0.05) is 133 Å². The second-order valence-electron chi connectivity index (χ2n) is 14.3. The molecule has 0 N–H and O–H groups in total. The highest BCUT2D eigenvalue weighted by atomic mass is 16.3. The summed E-state index contributed by atoms with van der Waals surface area (Å²) in [7, 11) is 0. The molecule has 0 bridgehead atoms. The largest absolute Gasteiger partial charge is 0.456 e. The van der Waals surface area contributed by atoms with Gasteiger partial charge in [0.05, 0.1) is 5.56 Å². The zero-order valence-electron chi connectivity index (χ0n) is 30.3. The van der Waals surface area contributed by atoms with Gasteiger partial charge in [-0.2, -0.15) is 0 Å². The Morgan fingerprint density at radius 1 is 0.281 bits per heavy atom. The molecule has 0 aliphatic rings. The van der Waals surface area contributed by atoms with Gasteiger partial charge in [-0.15, -0.1) is 0 Å². The number of fused-ring (bicyclic) bond motifs is 9. The summed E-state index contributed by atoms with van der Waals surface area (Å²) in [6.45, 7) is 0. The predicted molar refractivity (Wildman–Crippen MR) is 229 cm³/mol. The number of rotatable bonds is 5. The van der Waals surface area contributed by atoms with Crippen LogP contribution in [-0.4, -0.2) is 15.0 Å². The minimum Gasteiger partial charge on any atom is -0.456 e. The fraction of sp³-hybridized carbons (Fsp3) is 0. The Balaban J connectivity index is 1.09. The number of benzene rings is 8. The van der Waals surface area contributed by atoms with E-state index in [0.29, 0.717) is 17.5 Å². The number of nitrogens with zero attached hydrogens (tertiary/aromatic N) is 3. The van der Waals surface area contributed by atoms with Gasteiger partial charge >= 0.3 is 0 Å². The zero-order valence-corrected chi connectivity index (χ0v) is 30.3. The monoisotopic (exact) mass is 731 g/mol. The molecule has 12 rings (SSSR count). The predicted octanol–water partition coefficient (Wildman–Crippen LogP) is 13.9. The molecular weight excluding hydrogens is 703 g/mol. The number of para-hydroxylation sites is 2. The van der Waals surface area contributed by atoms with Crippen LogP contribution in [0.4, 0.5) is 0 Å². The van der Waals surface area contributed by atoms with Gasteiger partial charge in [0.1, 0.15) is 33.5 Å². The molecule has 0 amide bonds. The molecule has 8 aromatic carbocycles. The smallest absolute Gasteiger partial charge is 0.167 e. The molecule has 6 heteroatoms. The highest BCUT2D eigenvalue weighted by Gasteiger charge is 2.22. The molecule has 0 fully saturated rings. The average molecular weight is 732 g/mol. The topological polar surface area (TPSA) is 78.1 Å². The lowest BCUT2D eigenvalue weighted by Gasteiger charge is -2.10. The van der Waals surface area contributed by atoms with Crippen molar-refractivity contribution in [2.45, 2.75) is 0 Å². The molecule has 12 aromatic rings. The van der Waals surface area contributed by atoms with Crippen molar-refractivity contribution in [3.63, 3.8) is 0 Å². The number of furan rings is 3. The molecule has 0 aliphatic heterocycles. The first-order valence-corrected chi connectivity index (χ1v) is 18.9. The van der Waals surface area contributed by atoms with Gasteiger partial charge in [0.15, 0.2) is 17.5 Å². The van der Waals surface area contributed by atoms with Crippen molar-refractivity contribution in [3.05, 3.63) is 176 Å². The Morgan fingerprint density at radius 3 is 1.54 bits per heavy atom. The van der Waals surface area contributed by atoms with Crippen LogP contribution in [0.3, 0.4) is 0 Å². The first kappa shape index (κ1) is 31.5. The van der Waals surface area contributed by atoms with Gasteiger partial charge in [-0.25, -0.2) is 15.0 Å². The molecular formula is C51H29N3O3. The average Bonchev–Trinajstić information content (AvgIpc) is 3.98. The van der Waals surface area contributed by atoms with Crippen molar-refractivity contribution in [3.8, 4) is 56.4 Å². The minimum atomic E-state index is 0.529. The Hall–Kier alpha value is -7.83. The van der Waals surface area contributed by atoms with Crippen molar-refractivity contribution in [2.24, 2.45) is 0 Å². The Labute approximate surface area is 325 Å². The van der Waals surface area contributed by atoms with E-state index in [1.165, 1.54) is 0 Å². The Morgan fingerprint density at radius 2 is 0.789 bits per heavy atom. The summed E-state index contributed by atoms with van der Waals surface area (Å²) in [5, 5.41) is 6.13. The summed E-state index contributed by atoms with van der Waals surface area (Å²) in [6.07, 6.45) is 0. The molecule has 4 aromatic heterocycles. The van der Waals surface area contributed by atoms with Gasteiger partial charge in [-0.05, 0) is 64.7 Å². The van der Waals surface area contributed by atoms with Crippen LogP contribution in [0, 0.1) is 0 Å². The highest BCUT2D eigenvalue weighted by molar-refractivity contribution is 6.19. The van der Waals surface area contributed by atoms with E-state index in [-0.39, 0.29) is 0 Å². The number of hydrogen-bond donors (Lipinski definition) is 0. The SMILES string of the molecule is c1ccc(-c2nc(-c3cccc4c3oc3ccccc34)nc(-c3cccc4oc5ccc(-c6cccc7oc8cccc(-c9ccccc9)c8c67)cc5c34)n2)cc1. The van der Waals surface area contributed by atoms with Gasteiger partial charge in [0.25, 0.3) is 0 Å². The first-order chi connectivity index (χ1) is 28.2. The van der Waals surface area contributed by atoms with E-state index in [1.54, 1.807) is 0 Å². The van der Waals surface area contributed by atoms with Gasteiger partial charge in [0, 0.05) is 43.4 Å². The van der Waals surface area contributed by atoms with Crippen LogP contribution in [0.5, 0.6) is 0 Å². The van der Waals surface area contributed by atoms with Crippen LogP contribution >= 0.6 is 0 Å². The third-order valence-electron chi connectivity index (χ3n) is 11.0. The van der Waals surface area contributed by atoms with E-state index < -0.39 is 0 Å². The van der Waals surface area contributed by atoms with Gasteiger partial charge in [0.2, 0.25) is 0 Å². The van der Waals surface area contributed by atoms with Crippen LogP contribution in [0.15, 0.2) is 189 Å². The molecule has 6 nitrogen and oxygen atoms in total. The fourth-order valence-electron chi connectivity index (χ4n) is 8.40.